The first-order chi connectivity index (χ1) is 4.30. The molecule has 0 aromatic heterocycles. The fourth-order valence-electron chi connectivity index (χ4n) is 0.625. The quantitative estimate of drug-likeness (QED) is 0.446. The van der Waals surface area contributed by atoms with Crippen LogP contribution >= 0.6 is 0 Å². The van der Waals surface area contributed by atoms with Crippen LogP contribution in [0.4, 0.5) is 0 Å². The maximum absolute atomic E-state index is 8.58. The monoisotopic (exact) mass is 136 g/mol. The van der Waals surface area contributed by atoms with Crippen LogP contribution in [0.15, 0.2) is 30.3 Å². The highest BCUT2D eigenvalue weighted by Crippen LogP contribution is 1.82. The lowest BCUT2D eigenvalue weighted by Crippen LogP contribution is -2.29. The third-order valence-corrected chi connectivity index (χ3v) is 1.10. The molecule has 0 saturated heterocycles. The predicted octanol–water partition coefficient (Wildman–Crippen LogP) is -1.82. The molecule has 0 aliphatic heterocycles. The maximum Gasteiger partial charge on any atom is 0.488 e. The molecule has 0 aliphatic carbocycles. The van der Waals surface area contributed by atoms with Crippen LogP contribution in [-0.2, 0) is 0 Å². The molecule has 0 aliphatic rings. The molecule has 0 saturated carbocycles. The highest BCUT2D eigenvalue weighted by atomic mass is 16.4. The van der Waals surface area contributed by atoms with E-state index < -0.39 is 7.12 Å². The third kappa shape index (κ3) is 2.25. The Balaban J connectivity index is 0.000000810. The third-order valence-electron chi connectivity index (χ3n) is 1.10. The van der Waals surface area contributed by atoms with E-state index in [1.165, 1.54) is 0 Å². The van der Waals surface area contributed by atoms with Gasteiger partial charge in [-0.05, 0) is 5.46 Å². The summed E-state index contributed by atoms with van der Waals surface area (Å²) >= 11 is 0. The minimum Gasteiger partial charge on any atom is -0.423 e. The topological polar surface area (TPSA) is 40.5 Å². The Morgan fingerprint density at radius 2 is 1.50 bits per heavy atom. The number of rotatable bonds is 1. The first-order valence-electron chi connectivity index (χ1n) is 2.72. The molecule has 2 nitrogen and oxygen atoms in total. The van der Waals surface area contributed by atoms with Crippen molar-refractivity contribution in [2.75, 3.05) is 0 Å². The van der Waals surface area contributed by atoms with Gasteiger partial charge in [0, 0.05) is 0 Å². The highest BCUT2D eigenvalue weighted by Gasteiger charge is 2.07. The van der Waals surface area contributed by atoms with Gasteiger partial charge in [0.2, 0.25) is 0 Å². The van der Waals surface area contributed by atoms with Gasteiger partial charge in [-0.25, -0.2) is 0 Å². The van der Waals surface area contributed by atoms with Crippen LogP contribution in [0.5, 0.6) is 0 Å². The van der Waals surface area contributed by atoms with E-state index in [1.807, 2.05) is 6.07 Å². The van der Waals surface area contributed by atoms with Crippen molar-refractivity contribution in [1.29, 1.82) is 0 Å². The zero-order chi connectivity index (χ0) is 6.69. The van der Waals surface area contributed by atoms with Gasteiger partial charge in [-0.15, -0.1) is 0 Å². The Kier molecular flexibility index (Phi) is 3.84. The summed E-state index contributed by atoms with van der Waals surface area (Å²) in [5.74, 6) is 0. The zero-order valence-electron chi connectivity index (χ0n) is 4.86. The summed E-state index contributed by atoms with van der Waals surface area (Å²) in [4.78, 5) is 0. The molecular formula is C6H10B2O2. The van der Waals surface area contributed by atoms with Crippen molar-refractivity contribution in [2.45, 2.75) is 0 Å². The van der Waals surface area contributed by atoms with E-state index in [2.05, 4.69) is 0 Å². The SMILES string of the molecule is B.OB(O)c1ccccc1. The fourth-order valence-corrected chi connectivity index (χ4v) is 0.625. The number of hydrogen-bond acceptors (Lipinski definition) is 2. The zero-order valence-corrected chi connectivity index (χ0v) is 4.86. The first kappa shape index (κ1) is 9.27. The normalized spacial score (nSPS) is 8.20. The van der Waals surface area contributed by atoms with Crippen LogP contribution in [0, 0.1) is 0 Å². The average Bonchev–Trinajstić information content (AvgIpc) is 1.90. The average molecular weight is 136 g/mol. The van der Waals surface area contributed by atoms with Crippen LogP contribution in [0.25, 0.3) is 0 Å². The van der Waals surface area contributed by atoms with E-state index in [1.54, 1.807) is 24.3 Å². The van der Waals surface area contributed by atoms with Gasteiger partial charge in [0.15, 0.2) is 0 Å². The van der Waals surface area contributed by atoms with Crippen molar-refractivity contribution in [3.05, 3.63) is 30.3 Å². The highest BCUT2D eigenvalue weighted by molar-refractivity contribution is 6.58. The summed E-state index contributed by atoms with van der Waals surface area (Å²) in [6.07, 6.45) is 0. The van der Waals surface area contributed by atoms with E-state index in [-0.39, 0.29) is 8.41 Å². The van der Waals surface area contributed by atoms with E-state index in [0.29, 0.717) is 5.46 Å². The number of benzene rings is 1. The van der Waals surface area contributed by atoms with Crippen LogP contribution in [0.3, 0.4) is 0 Å². The maximum atomic E-state index is 8.58. The van der Waals surface area contributed by atoms with Crippen LogP contribution in [-0.4, -0.2) is 25.6 Å². The Labute approximate surface area is 62.2 Å². The molecule has 2 N–H and O–H groups in total. The van der Waals surface area contributed by atoms with Crippen molar-refractivity contribution in [3.63, 3.8) is 0 Å². The van der Waals surface area contributed by atoms with E-state index >= 15 is 0 Å². The molecule has 0 fully saturated rings. The van der Waals surface area contributed by atoms with E-state index in [9.17, 15) is 0 Å². The van der Waals surface area contributed by atoms with Gasteiger partial charge < -0.3 is 10.0 Å². The van der Waals surface area contributed by atoms with E-state index in [0.717, 1.165) is 0 Å². The van der Waals surface area contributed by atoms with Gasteiger partial charge in [-0.2, -0.15) is 0 Å². The van der Waals surface area contributed by atoms with Crippen molar-refractivity contribution in [1.82, 2.24) is 0 Å². The summed E-state index contributed by atoms with van der Waals surface area (Å²) < 4.78 is 0. The number of hydrogen-bond donors (Lipinski definition) is 2. The summed E-state index contributed by atoms with van der Waals surface area (Å²) in [5, 5.41) is 17.2. The Morgan fingerprint density at radius 1 is 1.00 bits per heavy atom. The first-order valence-corrected chi connectivity index (χ1v) is 2.72. The standard InChI is InChI=1S/C6H7BO2.BH3/c8-7(9)6-4-2-1-3-5-6;/h1-5,8-9H;1H3. The summed E-state index contributed by atoms with van der Waals surface area (Å²) in [7, 11) is -1.34. The molecule has 0 spiro atoms. The smallest absolute Gasteiger partial charge is 0.423 e. The van der Waals surface area contributed by atoms with Gasteiger partial charge >= 0.3 is 7.12 Å². The minimum absolute atomic E-state index is 0. The van der Waals surface area contributed by atoms with Gasteiger partial charge in [0.1, 0.15) is 0 Å². The van der Waals surface area contributed by atoms with Gasteiger partial charge in [0.25, 0.3) is 0 Å². The molecule has 1 rings (SSSR count). The molecule has 1 aromatic carbocycles. The van der Waals surface area contributed by atoms with Crippen molar-refractivity contribution >= 4 is 21.0 Å². The molecule has 10 heavy (non-hydrogen) atoms. The summed E-state index contributed by atoms with van der Waals surface area (Å²) in [6.45, 7) is 0. The second-order valence-corrected chi connectivity index (χ2v) is 1.78. The molecule has 0 atom stereocenters. The Bertz CT molecular complexity index is 176. The van der Waals surface area contributed by atoms with Gasteiger partial charge in [0.05, 0.1) is 8.41 Å². The van der Waals surface area contributed by atoms with E-state index in [4.69, 9.17) is 10.0 Å². The molecule has 0 unspecified atom stereocenters. The van der Waals surface area contributed by atoms with Crippen LogP contribution < -0.4 is 5.46 Å². The Morgan fingerprint density at radius 3 is 1.80 bits per heavy atom. The summed E-state index contributed by atoms with van der Waals surface area (Å²) in [6, 6.07) is 8.66. The second-order valence-electron chi connectivity index (χ2n) is 1.78. The largest absolute Gasteiger partial charge is 0.488 e. The van der Waals surface area contributed by atoms with Gasteiger partial charge in [-0.3, -0.25) is 0 Å². The lowest BCUT2D eigenvalue weighted by atomic mass is 9.81. The van der Waals surface area contributed by atoms with Crippen molar-refractivity contribution in [2.24, 2.45) is 0 Å². The molecule has 0 bridgehead atoms. The molecule has 4 heteroatoms. The molecule has 52 valence electrons. The summed E-state index contributed by atoms with van der Waals surface area (Å²) in [5.41, 5.74) is 0.525. The van der Waals surface area contributed by atoms with Crippen molar-refractivity contribution < 1.29 is 10.0 Å². The van der Waals surface area contributed by atoms with Gasteiger partial charge in [-0.1, -0.05) is 30.3 Å². The van der Waals surface area contributed by atoms with Crippen LogP contribution in [0.1, 0.15) is 0 Å². The molecular weight excluding hydrogens is 126 g/mol. The van der Waals surface area contributed by atoms with Crippen LogP contribution in [0.2, 0.25) is 0 Å². The molecule has 0 amide bonds. The minimum atomic E-state index is -1.34. The Hall–Kier alpha value is -0.730. The predicted molar refractivity (Wildman–Crippen MR) is 46.2 cm³/mol. The lowest BCUT2D eigenvalue weighted by Gasteiger charge is -1.94. The molecule has 1 aromatic rings. The fraction of sp³-hybridized carbons (Fsp3) is 0. The molecule has 0 heterocycles. The second kappa shape index (κ2) is 4.14. The van der Waals surface area contributed by atoms with Crippen molar-refractivity contribution in [3.8, 4) is 0 Å². The molecule has 0 radical (unpaired) electrons. The lowest BCUT2D eigenvalue weighted by molar-refractivity contribution is 0.426.